The van der Waals surface area contributed by atoms with E-state index in [1.807, 2.05) is 0 Å². The van der Waals surface area contributed by atoms with Crippen LogP contribution in [-0.2, 0) is 0 Å². The Hall–Kier alpha value is -1.55. The summed E-state index contributed by atoms with van der Waals surface area (Å²) in [5.74, 6) is 1.21. The van der Waals surface area contributed by atoms with E-state index in [4.69, 9.17) is 4.74 Å². The van der Waals surface area contributed by atoms with Gasteiger partial charge in [0.05, 0.1) is 12.2 Å². The Morgan fingerprint density at radius 1 is 1.24 bits per heavy atom. The van der Waals surface area contributed by atoms with Gasteiger partial charge in [-0.3, -0.25) is 9.69 Å². The lowest BCUT2D eigenvalue weighted by Gasteiger charge is -2.44. The van der Waals surface area contributed by atoms with Crippen molar-refractivity contribution in [3.8, 4) is 11.5 Å². The van der Waals surface area contributed by atoms with Gasteiger partial charge in [0.25, 0.3) is 0 Å². The molecule has 0 aliphatic carbocycles. The fraction of sp³-hybridized carbons (Fsp3) is 0.588. The number of aromatic hydroxyl groups is 1. The highest BCUT2D eigenvalue weighted by Gasteiger charge is 2.33. The summed E-state index contributed by atoms with van der Waals surface area (Å²) in [6.07, 6.45) is 7.06. The molecule has 21 heavy (non-hydrogen) atoms. The van der Waals surface area contributed by atoms with E-state index in [-0.39, 0.29) is 5.75 Å². The largest absolute Gasteiger partial charge is 0.507 e. The van der Waals surface area contributed by atoms with Crippen molar-refractivity contribution in [1.29, 1.82) is 0 Å². The van der Waals surface area contributed by atoms with Crippen LogP contribution in [0.25, 0.3) is 0 Å². The Balaban J connectivity index is 1.61. The number of rotatable bonds is 4. The van der Waals surface area contributed by atoms with Crippen molar-refractivity contribution in [3.63, 3.8) is 0 Å². The van der Waals surface area contributed by atoms with Crippen molar-refractivity contribution in [2.24, 2.45) is 5.92 Å². The van der Waals surface area contributed by atoms with Crippen LogP contribution >= 0.6 is 0 Å². The fourth-order valence-corrected chi connectivity index (χ4v) is 3.69. The van der Waals surface area contributed by atoms with E-state index >= 15 is 0 Å². The Labute approximate surface area is 125 Å². The molecular weight excluding hydrogens is 266 g/mol. The maximum Gasteiger partial charge on any atom is 0.153 e. The molecule has 1 N–H and O–H groups in total. The Morgan fingerprint density at radius 3 is 2.90 bits per heavy atom. The van der Waals surface area contributed by atoms with Crippen molar-refractivity contribution in [2.75, 3.05) is 19.7 Å². The summed E-state index contributed by atoms with van der Waals surface area (Å²) >= 11 is 0. The summed E-state index contributed by atoms with van der Waals surface area (Å²) in [7, 11) is 0. The van der Waals surface area contributed by atoms with E-state index < -0.39 is 0 Å². The SMILES string of the molecule is O=Cc1ccc(OC[C@@H]2CCCN3CCCC[C@@H]23)cc1O. The summed E-state index contributed by atoms with van der Waals surface area (Å²) in [5.41, 5.74) is 0.304. The standard InChI is InChI=1S/C17H23NO3/c19-11-13-6-7-15(10-17(13)20)21-12-14-4-3-9-18-8-2-1-5-16(14)18/h6-7,10-11,14,16,20H,1-5,8-9,12H2/t14-,16-/m0/s1. The minimum Gasteiger partial charge on any atom is -0.507 e. The van der Waals surface area contributed by atoms with Crippen LogP contribution < -0.4 is 4.74 Å². The molecule has 0 saturated carbocycles. The molecule has 2 saturated heterocycles. The molecular formula is C17H23NO3. The van der Waals surface area contributed by atoms with E-state index in [2.05, 4.69) is 4.90 Å². The molecule has 4 heteroatoms. The number of aldehydes is 1. The highest BCUT2D eigenvalue weighted by molar-refractivity contribution is 5.79. The average Bonchev–Trinajstić information content (AvgIpc) is 2.53. The third-order valence-electron chi connectivity index (χ3n) is 4.82. The lowest BCUT2D eigenvalue weighted by atomic mass is 9.84. The van der Waals surface area contributed by atoms with Gasteiger partial charge in [0.1, 0.15) is 11.5 Å². The number of benzene rings is 1. The van der Waals surface area contributed by atoms with E-state index in [1.54, 1.807) is 12.1 Å². The molecule has 114 valence electrons. The third-order valence-corrected chi connectivity index (χ3v) is 4.82. The molecule has 0 spiro atoms. The molecule has 0 aromatic heterocycles. The molecule has 2 fully saturated rings. The number of nitrogens with zero attached hydrogens (tertiary/aromatic N) is 1. The Bertz CT molecular complexity index is 501. The number of ether oxygens (including phenoxy) is 1. The van der Waals surface area contributed by atoms with E-state index in [0.717, 1.165) is 0 Å². The van der Waals surface area contributed by atoms with Gasteiger partial charge in [0.2, 0.25) is 0 Å². The van der Waals surface area contributed by atoms with Gasteiger partial charge in [-0.2, -0.15) is 0 Å². The lowest BCUT2D eigenvalue weighted by molar-refractivity contribution is 0.0366. The second kappa shape index (κ2) is 6.48. The minimum atomic E-state index is -0.00885. The normalized spacial score (nSPS) is 26.1. The molecule has 0 radical (unpaired) electrons. The molecule has 0 unspecified atom stereocenters. The predicted octanol–water partition coefficient (Wildman–Crippen LogP) is 2.85. The zero-order valence-corrected chi connectivity index (χ0v) is 12.3. The fourth-order valence-electron chi connectivity index (χ4n) is 3.69. The average molecular weight is 289 g/mol. The van der Waals surface area contributed by atoms with Crippen LogP contribution in [0.2, 0.25) is 0 Å². The number of fused-ring (bicyclic) bond motifs is 1. The predicted molar refractivity (Wildman–Crippen MR) is 80.9 cm³/mol. The topological polar surface area (TPSA) is 49.8 Å². The smallest absolute Gasteiger partial charge is 0.153 e. The van der Waals surface area contributed by atoms with E-state index in [0.29, 0.717) is 36.2 Å². The monoisotopic (exact) mass is 289 g/mol. The second-order valence-corrected chi connectivity index (χ2v) is 6.15. The van der Waals surface area contributed by atoms with Gasteiger partial charge in [0.15, 0.2) is 6.29 Å². The van der Waals surface area contributed by atoms with Crippen molar-refractivity contribution in [1.82, 2.24) is 4.90 Å². The van der Waals surface area contributed by atoms with E-state index in [9.17, 15) is 9.90 Å². The molecule has 2 aliphatic rings. The van der Waals surface area contributed by atoms with Crippen LogP contribution in [-0.4, -0.2) is 42.0 Å². The molecule has 2 aliphatic heterocycles. The lowest BCUT2D eigenvalue weighted by Crippen LogP contribution is -2.49. The molecule has 3 rings (SSSR count). The van der Waals surface area contributed by atoms with Crippen LogP contribution in [0.4, 0.5) is 0 Å². The minimum absolute atomic E-state index is 0.00885. The van der Waals surface area contributed by atoms with Gasteiger partial charge in [-0.25, -0.2) is 0 Å². The van der Waals surface area contributed by atoms with Crippen LogP contribution in [0.3, 0.4) is 0 Å². The quantitative estimate of drug-likeness (QED) is 0.866. The van der Waals surface area contributed by atoms with Gasteiger partial charge < -0.3 is 9.84 Å². The first-order chi connectivity index (χ1) is 10.3. The molecule has 0 bridgehead atoms. The van der Waals surface area contributed by atoms with Gasteiger partial charge >= 0.3 is 0 Å². The number of carbonyl (C=O) groups is 1. The Kier molecular flexibility index (Phi) is 4.44. The number of hydrogen-bond acceptors (Lipinski definition) is 4. The first-order valence-corrected chi connectivity index (χ1v) is 7.93. The number of phenols is 1. The van der Waals surface area contributed by atoms with Gasteiger partial charge in [-0.15, -0.1) is 0 Å². The summed E-state index contributed by atoms with van der Waals surface area (Å²) in [6.45, 7) is 3.16. The van der Waals surface area contributed by atoms with Crippen molar-refractivity contribution in [2.45, 2.75) is 38.1 Å². The Morgan fingerprint density at radius 2 is 2.10 bits per heavy atom. The number of carbonyl (C=O) groups excluding carboxylic acids is 1. The molecule has 2 atom stereocenters. The second-order valence-electron chi connectivity index (χ2n) is 6.15. The highest BCUT2D eigenvalue weighted by atomic mass is 16.5. The maximum absolute atomic E-state index is 10.7. The van der Waals surface area contributed by atoms with Crippen molar-refractivity contribution < 1.29 is 14.6 Å². The first-order valence-electron chi connectivity index (χ1n) is 7.93. The molecule has 1 aromatic rings. The van der Waals surface area contributed by atoms with Crippen LogP contribution in [0.5, 0.6) is 11.5 Å². The molecule has 0 amide bonds. The van der Waals surface area contributed by atoms with Gasteiger partial charge in [-0.1, -0.05) is 6.42 Å². The van der Waals surface area contributed by atoms with Crippen molar-refractivity contribution >= 4 is 6.29 Å². The summed E-state index contributed by atoms with van der Waals surface area (Å²) in [6, 6.07) is 5.55. The molecule has 1 aromatic carbocycles. The van der Waals surface area contributed by atoms with Crippen LogP contribution in [0.1, 0.15) is 42.5 Å². The van der Waals surface area contributed by atoms with Gasteiger partial charge in [0, 0.05) is 18.0 Å². The van der Waals surface area contributed by atoms with Crippen molar-refractivity contribution in [3.05, 3.63) is 23.8 Å². The molecule has 2 heterocycles. The molecule has 4 nitrogen and oxygen atoms in total. The zero-order chi connectivity index (χ0) is 14.7. The first kappa shape index (κ1) is 14.4. The maximum atomic E-state index is 10.7. The van der Waals surface area contributed by atoms with Gasteiger partial charge in [-0.05, 0) is 50.9 Å². The number of hydrogen-bond donors (Lipinski definition) is 1. The summed E-state index contributed by atoms with van der Waals surface area (Å²) < 4.78 is 5.87. The van der Waals surface area contributed by atoms with Crippen LogP contribution in [0, 0.1) is 5.92 Å². The number of phenolic OH excluding ortho intramolecular Hbond substituents is 1. The zero-order valence-electron chi connectivity index (χ0n) is 12.3. The summed E-state index contributed by atoms with van der Waals surface area (Å²) in [5, 5.41) is 9.70. The highest BCUT2D eigenvalue weighted by Crippen LogP contribution is 2.31. The van der Waals surface area contributed by atoms with E-state index in [1.165, 1.54) is 51.3 Å². The third kappa shape index (κ3) is 3.21. The van der Waals surface area contributed by atoms with Crippen LogP contribution in [0.15, 0.2) is 18.2 Å². The summed E-state index contributed by atoms with van der Waals surface area (Å²) in [4.78, 5) is 13.3. The number of piperidine rings is 2.